The number of rotatable bonds is 7. The zero-order valence-electron chi connectivity index (χ0n) is 35.4. The van der Waals surface area contributed by atoms with Gasteiger partial charge < -0.3 is 9.32 Å². The molecule has 11 aromatic rings. The molecule has 0 aliphatic rings. The topological polar surface area (TPSA) is 16.4 Å². The van der Waals surface area contributed by atoms with E-state index >= 15 is 0 Å². The minimum atomic E-state index is 0.894. The second kappa shape index (κ2) is 15.2. The summed E-state index contributed by atoms with van der Waals surface area (Å²) in [6.07, 6.45) is 0. The zero-order chi connectivity index (χ0) is 41.9. The predicted molar refractivity (Wildman–Crippen MR) is 278 cm³/mol. The second-order valence-corrected chi connectivity index (χ2v) is 16.6. The van der Waals surface area contributed by atoms with E-state index in [9.17, 15) is 0 Å². The third-order valence-corrected chi connectivity index (χ3v) is 13.1. The normalized spacial score (nSPS) is 11.5. The van der Waals surface area contributed by atoms with Crippen molar-refractivity contribution in [3.63, 3.8) is 0 Å². The third-order valence-electron chi connectivity index (χ3n) is 13.1. The Labute approximate surface area is 366 Å². The van der Waals surface area contributed by atoms with Gasteiger partial charge in [-0.1, -0.05) is 180 Å². The summed E-state index contributed by atoms with van der Waals surface area (Å²) >= 11 is 0. The van der Waals surface area contributed by atoms with Gasteiger partial charge >= 0.3 is 0 Å². The highest BCUT2D eigenvalue weighted by molar-refractivity contribution is 6.63. The molecule has 2 nitrogen and oxygen atoms in total. The van der Waals surface area contributed by atoms with Crippen molar-refractivity contribution in [1.29, 1.82) is 0 Å². The molecule has 0 spiro atoms. The fourth-order valence-electron chi connectivity index (χ4n) is 9.71. The van der Waals surface area contributed by atoms with Crippen LogP contribution in [0, 0.1) is 0 Å². The summed E-state index contributed by atoms with van der Waals surface area (Å²) in [4.78, 5) is 2.47. The summed E-state index contributed by atoms with van der Waals surface area (Å²) in [5.74, 6) is 0. The molecule has 0 fully saturated rings. The smallest absolute Gasteiger partial charge is 0.143 e. The summed E-state index contributed by atoms with van der Waals surface area (Å²) in [6, 6.07) is 72.5. The molecule has 0 N–H and O–H groups in total. The van der Waals surface area contributed by atoms with Crippen LogP contribution in [0.5, 0.6) is 0 Å². The largest absolute Gasteiger partial charge is 0.455 e. The zero-order valence-corrected chi connectivity index (χ0v) is 35.4. The second-order valence-electron chi connectivity index (χ2n) is 16.6. The van der Waals surface area contributed by atoms with Crippen LogP contribution in [-0.2, 0) is 0 Å². The first kappa shape index (κ1) is 37.6. The maximum atomic E-state index is 6.64. The number of hydrogen-bond acceptors (Lipinski definition) is 2. The Kier molecular flexibility index (Phi) is 9.24. The van der Waals surface area contributed by atoms with E-state index in [1.54, 1.807) is 0 Å². The fourth-order valence-corrected chi connectivity index (χ4v) is 9.71. The van der Waals surface area contributed by atoms with Gasteiger partial charge in [0.25, 0.3) is 0 Å². The summed E-state index contributed by atoms with van der Waals surface area (Å²) in [5.41, 5.74) is 20.0. The van der Waals surface area contributed by atoms with E-state index in [1.165, 1.54) is 77.1 Å². The Morgan fingerprint density at radius 3 is 1.71 bits per heavy atom. The number of furan rings is 1. The molecular formula is C56H41B4NO. The van der Waals surface area contributed by atoms with Crippen molar-refractivity contribution in [2.24, 2.45) is 0 Å². The standard InChI is InChI=1S/C56H41B4NO/c57-51-49(39-23-20-36(21-24-39)34-10-2-1-3-11-34)52(58)54(60)55(53(51)59)61(43-29-26-37(27-30-43)41-25-22-35-12-4-5-14-40(35)32-41)44-16-8-15-42(33-44)45-18-9-19-48-50(45)47-31-28-38-13-6-7-17-46(38)56(47)62-48/h1-33H,57-60H2. The molecule has 0 amide bonds. The van der Waals surface area contributed by atoms with Gasteiger partial charge in [-0.2, -0.15) is 0 Å². The molecular weight excluding hydrogens is 746 g/mol. The van der Waals surface area contributed by atoms with E-state index in [0.717, 1.165) is 49.8 Å². The maximum Gasteiger partial charge on any atom is 0.143 e. The van der Waals surface area contributed by atoms with Crippen molar-refractivity contribution in [2.75, 3.05) is 4.90 Å². The Morgan fingerprint density at radius 2 is 0.935 bits per heavy atom. The Bertz CT molecular complexity index is 3480. The molecule has 0 bridgehead atoms. The summed E-state index contributed by atoms with van der Waals surface area (Å²) in [6.45, 7) is 0. The molecule has 288 valence electrons. The molecule has 0 saturated carbocycles. The van der Waals surface area contributed by atoms with Crippen molar-refractivity contribution in [1.82, 2.24) is 0 Å². The van der Waals surface area contributed by atoms with Gasteiger partial charge in [-0.05, 0) is 103 Å². The fraction of sp³-hybridized carbons (Fsp3) is 0. The van der Waals surface area contributed by atoms with Crippen LogP contribution < -0.4 is 26.8 Å². The summed E-state index contributed by atoms with van der Waals surface area (Å²) in [5, 5.41) is 7.07. The lowest BCUT2D eigenvalue weighted by atomic mass is 9.64. The quantitative estimate of drug-likeness (QED) is 0.150. The molecule has 0 radical (unpaired) electrons. The van der Waals surface area contributed by atoms with Gasteiger partial charge in [0.05, 0.1) is 0 Å². The molecule has 11 rings (SSSR count). The molecule has 10 aromatic carbocycles. The lowest BCUT2D eigenvalue weighted by Gasteiger charge is -2.33. The highest BCUT2D eigenvalue weighted by Gasteiger charge is 2.23. The number of nitrogens with zero attached hydrogens (tertiary/aromatic N) is 1. The molecule has 1 aromatic heterocycles. The van der Waals surface area contributed by atoms with Crippen LogP contribution in [0.2, 0.25) is 0 Å². The average Bonchev–Trinajstić information content (AvgIpc) is 3.73. The van der Waals surface area contributed by atoms with E-state index in [-0.39, 0.29) is 0 Å². The monoisotopic (exact) mass is 787 g/mol. The van der Waals surface area contributed by atoms with E-state index < -0.39 is 0 Å². The maximum absolute atomic E-state index is 6.64. The van der Waals surface area contributed by atoms with Crippen LogP contribution in [0.3, 0.4) is 0 Å². The number of hydrogen-bond donors (Lipinski definition) is 0. The molecule has 0 aliphatic carbocycles. The number of fused-ring (bicyclic) bond motifs is 6. The average molecular weight is 787 g/mol. The van der Waals surface area contributed by atoms with Gasteiger partial charge in [0.1, 0.15) is 42.6 Å². The van der Waals surface area contributed by atoms with Gasteiger partial charge in [-0.25, -0.2) is 0 Å². The Morgan fingerprint density at radius 1 is 0.355 bits per heavy atom. The van der Waals surface area contributed by atoms with E-state index in [0.29, 0.717) is 0 Å². The highest BCUT2D eigenvalue weighted by Crippen LogP contribution is 2.42. The highest BCUT2D eigenvalue weighted by atomic mass is 16.3. The van der Waals surface area contributed by atoms with Crippen molar-refractivity contribution >= 4 is 114 Å². The van der Waals surface area contributed by atoms with E-state index in [4.69, 9.17) is 4.42 Å². The lowest BCUT2D eigenvalue weighted by molar-refractivity contribution is 0.673. The SMILES string of the molecule is Bc1c(B)c(N(c2ccc(-c3ccc4ccccc4c3)cc2)c2cccc(-c3cccc4oc5c6ccccc6ccc5c34)c2)c(B)c(B)c1-c1ccc(-c2ccccc2)cc1. The minimum absolute atomic E-state index is 0.894. The molecule has 6 heteroatoms. The van der Waals surface area contributed by atoms with Crippen LogP contribution in [0.1, 0.15) is 0 Å². The predicted octanol–water partition coefficient (Wildman–Crippen LogP) is 9.06. The molecule has 1 heterocycles. The number of anilines is 3. The van der Waals surface area contributed by atoms with Gasteiger partial charge in [0, 0.05) is 33.2 Å². The Balaban J connectivity index is 1.07. The molecule has 0 saturated heterocycles. The van der Waals surface area contributed by atoms with E-state index in [2.05, 4.69) is 236 Å². The molecule has 0 aliphatic heterocycles. The van der Waals surface area contributed by atoms with Gasteiger partial charge in [-0.15, -0.1) is 0 Å². The van der Waals surface area contributed by atoms with Crippen LogP contribution in [0.4, 0.5) is 17.1 Å². The van der Waals surface area contributed by atoms with E-state index in [1.807, 2.05) is 0 Å². The molecule has 0 atom stereocenters. The van der Waals surface area contributed by atoms with Gasteiger partial charge in [-0.3, -0.25) is 0 Å². The van der Waals surface area contributed by atoms with Crippen molar-refractivity contribution in [2.45, 2.75) is 0 Å². The summed E-state index contributed by atoms with van der Waals surface area (Å²) in [7, 11) is 9.17. The first-order valence-electron chi connectivity index (χ1n) is 21.5. The van der Waals surface area contributed by atoms with Gasteiger partial charge in [0.15, 0.2) is 0 Å². The molecule has 0 unspecified atom stereocenters. The minimum Gasteiger partial charge on any atom is -0.455 e. The summed E-state index contributed by atoms with van der Waals surface area (Å²) < 4.78 is 6.64. The van der Waals surface area contributed by atoms with Crippen LogP contribution >= 0.6 is 0 Å². The van der Waals surface area contributed by atoms with Crippen molar-refractivity contribution in [3.05, 3.63) is 200 Å². The van der Waals surface area contributed by atoms with Gasteiger partial charge in [0.2, 0.25) is 0 Å². The Hall–Kier alpha value is -7.42. The molecule has 62 heavy (non-hydrogen) atoms. The van der Waals surface area contributed by atoms with Crippen molar-refractivity contribution in [3.8, 4) is 44.5 Å². The first-order valence-corrected chi connectivity index (χ1v) is 21.5. The third kappa shape index (κ3) is 6.34. The lowest BCUT2D eigenvalue weighted by Crippen LogP contribution is -2.46. The first-order chi connectivity index (χ1) is 30.4. The van der Waals surface area contributed by atoms with Crippen LogP contribution in [0.25, 0.3) is 88.0 Å². The number of benzene rings is 10. The van der Waals surface area contributed by atoms with Crippen molar-refractivity contribution < 1.29 is 4.42 Å². The van der Waals surface area contributed by atoms with Crippen LogP contribution in [0.15, 0.2) is 205 Å². The van der Waals surface area contributed by atoms with Crippen LogP contribution in [-0.4, -0.2) is 31.4 Å².